The van der Waals surface area contributed by atoms with Crippen molar-refractivity contribution in [2.24, 2.45) is 0 Å². The molecule has 0 fully saturated rings. The van der Waals surface area contributed by atoms with Crippen LogP contribution in [0.3, 0.4) is 0 Å². The van der Waals surface area contributed by atoms with E-state index in [0.29, 0.717) is 17.9 Å². The van der Waals surface area contributed by atoms with Crippen LogP contribution in [0.15, 0.2) is 59.5 Å². The fraction of sp³-hybridized carbons (Fsp3) is 0.222. The summed E-state index contributed by atoms with van der Waals surface area (Å²) in [7, 11) is 0. The number of hydrogen-bond acceptors (Lipinski definition) is 4. The summed E-state index contributed by atoms with van der Waals surface area (Å²) in [6.07, 6.45) is 0. The number of para-hydroxylation sites is 1. The van der Waals surface area contributed by atoms with E-state index >= 15 is 0 Å². The lowest BCUT2D eigenvalue weighted by Gasteiger charge is -2.14. The molecule has 0 saturated carbocycles. The van der Waals surface area contributed by atoms with Crippen molar-refractivity contribution >= 4 is 29.3 Å². The molecular formula is C18H19NO3S. The summed E-state index contributed by atoms with van der Waals surface area (Å²) in [5.41, 5.74) is 0.830. The molecule has 4 nitrogen and oxygen atoms in total. The first-order chi connectivity index (χ1) is 11.1. The molecule has 0 bridgehead atoms. The van der Waals surface area contributed by atoms with Gasteiger partial charge in [-0.25, -0.2) is 4.79 Å². The van der Waals surface area contributed by atoms with Crippen molar-refractivity contribution in [3.05, 3.63) is 60.2 Å². The third-order valence-electron chi connectivity index (χ3n) is 3.11. The molecule has 2 rings (SSSR count). The van der Waals surface area contributed by atoms with E-state index in [1.807, 2.05) is 37.3 Å². The first-order valence-corrected chi connectivity index (χ1v) is 8.28. The molecule has 1 N–H and O–H groups in total. The zero-order chi connectivity index (χ0) is 16.7. The van der Waals surface area contributed by atoms with Gasteiger partial charge in [0.1, 0.15) is 0 Å². The van der Waals surface area contributed by atoms with Gasteiger partial charge in [0.2, 0.25) is 5.91 Å². The number of thioether (sulfide) groups is 1. The third kappa shape index (κ3) is 4.86. The molecule has 0 aliphatic rings. The molecule has 0 aliphatic heterocycles. The lowest BCUT2D eigenvalue weighted by atomic mass is 10.1. The number of rotatable bonds is 6. The van der Waals surface area contributed by atoms with Crippen LogP contribution in [0.25, 0.3) is 0 Å². The van der Waals surface area contributed by atoms with Crippen molar-refractivity contribution < 1.29 is 14.3 Å². The highest BCUT2D eigenvalue weighted by molar-refractivity contribution is 8.00. The van der Waals surface area contributed by atoms with Gasteiger partial charge in [0.25, 0.3) is 0 Å². The summed E-state index contributed by atoms with van der Waals surface area (Å²) < 4.78 is 5.01. The second-order valence-electron chi connectivity index (χ2n) is 4.83. The summed E-state index contributed by atoms with van der Waals surface area (Å²) in [5.74, 6) is -0.595. The van der Waals surface area contributed by atoms with Gasteiger partial charge >= 0.3 is 5.97 Å². The van der Waals surface area contributed by atoms with Crippen LogP contribution in [0.2, 0.25) is 0 Å². The molecule has 0 aromatic heterocycles. The summed E-state index contributed by atoms with van der Waals surface area (Å²) in [6.45, 7) is 3.87. The fourth-order valence-electron chi connectivity index (χ4n) is 1.97. The summed E-state index contributed by atoms with van der Waals surface area (Å²) in [5, 5.41) is 2.52. The van der Waals surface area contributed by atoms with Crippen LogP contribution in [-0.4, -0.2) is 23.7 Å². The lowest BCUT2D eigenvalue weighted by molar-refractivity contribution is -0.115. The fourth-order valence-corrected chi connectivity index (χ4v) is 2.86. The first-order valence-electron chi connectivity index (χ1n) is 7.40. The lowest BCUT2D eigenvalue weighted by Crippen LogP contribution is -2.23. The number of nitrogens with one attached hydrogen (secondary N) is 1. The molecule has 2 aromatic carbocycles. The van der Waals surface area contributed by atoms with Gasteiger partial charge in [0, 0.05) is 4.90 Å². The summed E-state index contributed by atoms with van der Waals surface area (Å²) in [4.78, 5) is 25.3. The topological polar surface area (TPSA) is 55.4 Å². The Morgan fingerprint density at radius 1 is 1.09 bits per heavy atom. The minimum absolute atomic E-state index is 0.157. The molecule has 5 heteroatoms. The predicted molar refractivity (Wildman–Crippen MR) is 92.8 cm³/mol. The second-order valence-corrected chi connectivity index (χ2v) is 6.24. The highest BCUT2D eigenvalue weighted by atomic mass is 32.2. The Bertz CT molecular complexity index is 673. The van der Waals surface area contributed by atoms with E-state index in [2.05, 4.69) is 5.32 Å². The number of carbonyl (C=O) groups excluding carboxylic acids is 2. The van der Waals surface area contributed by atoms with Crippen LogP contribution in [0.4, 0.5) is 5.69 Å². The molecule has 0 heterocycles. The molecule has 0 saturated heterocycles. The van der Waals surface area contributed by atoms with E-state index in [9.17, 15) is 9.59 Å². The Morgan fingerprint density at radius 3 is 2.43 bits per heavy atom. The Labute approximate surface area is 140 Å². The van der Waals surface area contributed by atoms with Crippen LogP contribution in [0.5, 0.6) is 0 Å². The Morgan fingerprint density at radius 2 is 1.74 bits per heavy atom. The van der Waals surface area contributed by atoms with Crippen LogP contribution < -0.4 is 5.32 Å². The second kappa shape index (κ2) is 8.39. The van der Waals surface area contributed by atoms with E-state index in [1.165, 1.54) is 11.8 Å². The monoisotopic (exact) mass is 329 g/mol. The van der Waals surface area contributed by atoms with Gasteiger partial charge in [-0.15, -0.1) is 11.8 Å². The number of esters is 1. The van der Waals surface area contributed by atoms with E-state index in [-0.39, 0.29) is 11.2 Å². The Balaban J connectivity index is 2.06. The average Bonchev–Trinajstić information content (AvgIpc) is 2.56. The maximum atomic E-state index is 12.4. The molecule has 120 valence electrons. The predicted octanol–water partition coefficient (Wildman–Crippen LogP) is 3.98. The quantitative estimate of drug-likeness (QED) is 0.643. The smallest absolute Gasteiger partial charge is 0.340 e. The van der Waals surface area contributed by atoms with Gasteiger partial charge in [-0.05, 0) is 38.1 Å². The van der Waals surface area contributed by atoms with Crippen LogP contribution >= 0.6 is 11.8 Å². The first kappa shape index (κ1) is 17.1. The van der Waals surface area contributed by atoms with Crippen LogP contribution in [0, 0.1) is 0 Å². The summed E-state index contributed by atoms with van der Waals surface area (Å²) >= 11 is 1.47. The molecule has 0 aliphatic carbocycles. The standard InChI is InChI=1S/C18H19NO3S/c1-3-22-18(21)15-11-7-8-12-16(15)19-17(20)13(2)23-14-9-5-4-6-10-14/h4-13H,3H2,1-2H3,(H,19,20)/t13-/m0/s1. The SMILES string of the molecule is CCOC(=O)c1ccccc1NC(=O)[C@H](C)Sc1ccccc1. The molecule has 1 atom stereocenters. The number of anilines is 1. The van der Waals surface area contributed by atoms with Crippen LogP contribution in [-0.2, 0) is 9.53 Å². The largest absolute Gasteiger partial charge is 0.462 e. The van der Waals surface area contributed by atoms with Gasteiger partial charge in [-0.1, -0.05) is 30.3 Å². The zero-order valence-electron chi connectivity index (χ0n) is 13.1. The van der Waals surface area contributed by atoms with E-state index in [0.717, 1.165) is 4.90 Å². The van der Waals surface area contributed by atoms with Gasteiger partial charge < -0.3 is 10.1 Å². The molecule has 23 heavy (non-hydrogen) atoms. The maximum Gasteiger partial charge on any atom is 0.340 e. The number of hydrogen-bond donors (Lipinski definition) is 1. The van der Waals surface area contributed by atoms with Gasteiger partial charge in [-0.2, -0.15) is 0 Å². The molecule has 1 amide bonds. The summed E-state index contributed by atoms with van der Waals surface area (Å²) in [6, 6.07) is 16.6. The third-order valence-corrected chi connectivity index (χ3v) is 4.22. The molecule has 0 radical (unpaired) electrons. The molecule has 2 aromatic rings. The highest BCUT2D eigenvalue weighted by Gasteiger charge is 2.18. The van der Waals surface area contributed by atoms with Gasteiger partial charge in [-0.3, -0.25) is 4.79 Å². The van der Waals surface area contributed by atoms with Crippen molar-refractivity contribution in [3.8, 4) is 0 Å². The van der Waals surface area contributed by atoms with E-state index < -0.39 is 5.97 Å². The van der Waals surface area contributed by atoms with Crippen molar-refractivity contribution in [2.75, 3.05) is 11.9 Å². The zero-order valence-corrected chi connectivity index (χ0v) is 13.9. The van der Waals surface area contributed by atoms with Crippen molar-refractivity contribution in [1.82, 2.24) is 0 Å². The highest BCUT2D eigenvalue weighted by Crippen LogP contribution is 2.24. The molecule has 0 unspecified atom stereocenters. The Kier molecular flexibility index (Phi) is 6.23. The Hall–Kier alpha value is -2.27. The van der Waals surface area contributed by atoms with Gasteiger partial charge in [0.05, 0.1) is 23.1 Å². The minimum Gasteiger partial charge on any atom is -0.462 e. The molecular weight excluding hydrogens is 310 g/mol. The molecule has 0 spiro atoms. The number of amides is 1. The number of carbonyl (C=O) groups is 2. The van der Waals surface area contributed by atoms with Crippen molar-refractivity contribution in [2.45, 2.75) is 24.0 Å². The minimum atomic E-state index is -0.438. The number of ether oxygens (including phenoxy) is 1. The van der Waals surface area contributed by atoms with E-state index in [4.69, 9.17) is 4.74 Å². The van der Waals surface area contributed by atoms with Crippen LogP contribution in [0.1, 0.15) is 24.2 Å². The normalized spacial score (nSPS) is 11.6. The van der Waals surface area contributed by atoms with E-state index in [1.54, 1.807) is 31.2 Å². The van der Waals surface area contributed by atoms with Gasteiger partial charge in [0.15, 0.2) is 0 Å². The van der Waals surface area contributed by atoms with Crippen molar-refractivity contribution in [3.63, 3.8) is 0 Å². The average molecular weight is 329 g/mol. The van der Waals surface area contributed by atoms with Crippen molar-refractivity contribution in [1.29, 1.82) is 0 Å². The number of benzene rings is 2. The maximum absolute atomic E-state index is 12.4.